The third-order valence-electron chi connectivity index (χ3n) is 3.01. The molecule has 0 bridgehead atoms. The molecule has 2 aromatic carbocycles. The van der Waals surface area contributed by atoms with Crippen LogP contribution in [0.25, 0.3) is 0 Å². The molecule has 0 heterocycles. The molecule has 108 valence electrons. The molecule has 3 N–H and O–H groups in total. The second-order valence-electron chi connectivity index (χ2n) is 4.46. The fourth-order valence-corrected chi connectivity index (χ4v) is 1.92. The first kappa shape index (κ1) is 14.7. The number of rotatable bonds is 5. The average Bonchev–Trinajstić information content (AvgIpc) is 2.52. The molecule has 0 aliphatic carbocycles. The van der Waals surface area contributed by atoms with Gasteiger partial charge in [0.15, 0.2) is 0 Å². The molecule has 0 saturated carbocycles. The lowest BCUT2D eigenvalue weighted by Gasteiger charge is -2.15. The smallest absolute Gasteiger partial charge is 0.124 e. The average molecular weight is 284 g/mol. The summed E-state index contributed by atoms with van der Waals surface area (Å²) in [5.41, 5.74) is 7.35. The van der Waals surface area contributed by atoms with E-state index in [4.69, 9.17) is 20.5 Å². The van der Waals surface area contributed by atoms with Crippen LogP contribution in [0.2, 0.25) is 0 Å². The van der Waals surface area contributed by atoms with Gasteiger partial charge in [-0.1, -0.05) is 18.2 Å². The largest absolute Gasteiger partial charge is 0.497 e. The Balaban J connectivity index is 2.10. The van der Waals surface area contributed by atoms with Gasteiger partial charge in [0.05, 0.1) is 18.7 Å². The van der Waals surface area contributed by atoms with Crippen molar-refractivity contribution in [2.45, 2.75) is 6.10 Å². The first-order valence-electron chi connectivity index (χ1n) is 6.38. The van der Waals surface area contributed by atoms with E-state index < -0.39 is 6.10 Å². The van der Waals surface area contributed by atoms with Crippen LogP contribution < -0.4 is 15.2 Å². The molecule has 5 heteroatoms. The van der Waals surface area contributed by atoms with E-state index >= 15 is 0 Å². The summed E-state index contributed by atoms with van der Waals surface area (Å²) in [6.07, 6.45) is -0.845. The Morgan fingerprint density at radius 1 is 1.24 bits per heavy atom. The molecule has 5 nitrogen and oxygen atoms in total. The van der Waals surface area contributed by atoms with E-state index in [0.29, 0.717) is 28.3 Å². The normalized spacial score (nSPS) is 11.5. The van der Waals surface area contributed by atoms with Crippen molar-refractivity contribution in [3.8, 4) is 17.6 Å². The number of nitriles is 1. The molecule has 0 spiro atoms. The van der Waals surface area contributed by atoms with Crippen LogP contribution in [0.3, 0.4) is 0 Å². The Morgan fingerprint density at radius 3 is 2.62 bits per heavy atom. The van der Waals surface area contributed by atoms with E-state index in [1.807, 2.05) is 6.07 Å². The zero-order valence-electron chi connectivity index (χ0n) is 11.6. The zero-order valence-corrected chi connectivity index (χ0v) is 11.6. The maximum atomic E-state index is 10.1. The van der Waals surface area contributed by atoms with E-state index in [0.717, 1.165) is 0 Å². The number of anilines is 1. The summed E-state index contributed by atoms with van der Waals surface area (Å²) >= 11 is 0. The fourth-order valence-electron chi connectivity index (χ4n) is 1.92. The summed E-state index contributed by atoms with van der Waals surface area (Å²) in [5, 5.41) is 19.1. The number of nitrogens with two attached hydrogens (primary N) is 1. The number of aliphatic hydroxyl groups excluding tert-OH is 1. The van der Waals surface area contributed by atoms with Gasteiger partial charge in [0.1, 0.15) is 24.2 Å². The van der Waals surface area contributed by atoms with Gasteiger partial charge in [-0.3, -0.25) is 0 Å². The molecular formula is C16H16N2O3. The van der Waals surface area contributed by atoms with Crippen molar-refractivity contribution in [1.29, 1.82) is 5.26 Å². The van der Waals surface area contributed by atoms with E-state index in [1.54, 1.807) is 42.5 Å². The summed E-state index contributed by atoms with van der Waals surface area (Å²) in [4.78, 5) is 0. The fraction of sp³-hybridized carbons (Fsp3) is 0.188. The van der Waals surface area contributed by atoms with Gasteiger partial charge in [-0.05, 0) is 18.2 Å². The van der Waals surface area contributed by atoms with Gasteiger partial charge in [-0.15, -0.1) is 0 Å². The monoisotopic (exact) mass is 284 g/mol. The Kier molecular flexibility index (Phi) is 4.64. The van der Waals surface area contributed by atoms with Crippen molar-refractivity contribution >= 4 is 5.69 Å². The molecule has 2 aromatic rings. The van der Waals surface area contributed by atoms with Gasteiger partial charge in [0.2, 0.25) is 0 Å². The Labute approximate surface area is 123 Å². The third kappa shape index (κ3) is 3.65. The minimum absolute atomic E-state index is 0.0340. The van der Waals surface area contributed by atoms with E-state index in [-0.39, 0.29) is 6.61 Å². The van der Waals surface area contributed by atoms with Crippen LogP contribution in [-0.2, 0) is 0 Å². The molecule has 0 radical (unpaired) electrons. The highest BCUT2D eigenvalue weighted by atomic mass is 16.5. The van der Waals surface area contributed by atoms with Gasteiger partial charge in [-0.2, -0.15) is 5.26 Å². The number of methoxy groups -OCH3 is 1. The van der Waals surface area contributed by atoms with Crippen LogP contribution in [0, 0.1) is 11.3 Å². The van der Waals surface area contributed by atoms with Crippen LogP contribution in [0.4, 0.5) is 5.69 Å². The second kappa shape index (κ2) is 6.64. The molecule has 2 rings (SSSR count). The molecule has 0 aliphatic heterocycles. The lowest BCUT2D eigenvalue weighted by Crippen LogP contribution is -2.11. The zero-order chi connectivity index (χ0) is 15.2. The van der Waals surface area contributed by atoms with Crippen molar-refractivity contribution in [3.05, 3.63) is 53.6 Å². The van der Waals surface area contributed by atoms with Crippen molar-refractivity contribution < 1.29 is 14.6 Å². The summed E-state index contributed by atoms with van der Waals surface area (Å²) in [5.74, 6) is 0.984. The van der Waals surface area contributed by atoms with Gasteiger partial charge in [0.25, 0.3) is 0 Å². The molecular weight excluding hydrogens is 268 g/mol. The van der Waals surface area contributed by atoms with Crippen LogP contribution >= 0.6 is 0 Å². The minimum atomic E-state index is -0.845. The Bertz CT molecular complexity index is 665. The molecule has 0 aliphatic rings. The minimum Gasteiger partial charge on any atom is -0.497 e. The van der Waals surface area contributed by atoms with Gasteiger partial charge >= 0.3 is 0 Å². The number of benzene rings is 2. The lowest BCUT2D eigenvalue weighted by atomic mass is 10.1. The maximum absolute atomic E-state index is 10.1. The third-order valence-corrected chi connectivity index (χ3v) is 3.01. The van der Waals surface area contributed by atoms with E-state index in [1.165, 1.54) is 7.11 Å². The number of nitrogens with zero attached hydrogens (tertiary/aromatic N) is 1. The molecule has 21 heavy (non-hydrogen) atoms. The first-order valence-corrected chi connectivity index (χ1v) is 6.38. The standard InChI is InChI=1S/C16H16N2O3/c1-20-12-6-11(9-17)7-13(8-12)21-10-16(19)14-4-2-3-5-15(14)18/h2-8,16,19H,10,18H2,1H3. The Hall–Kier alpha value is -2.71. The van der Waals surface area contributed by atoms with E-state index in [9.17, 15) is 5.11 Å². The SMILES string of the molecule is COc1cc(C#N)cc(OCC(O)c2ccccc2N)c1. The highest BCUT2D eigenvalue weighted by molar-refractivity contribution is 5.48. The molecule has 1 atom stereocenters. The number of para-hydroxylation sites is 1. The van der Waals surface area contributed by atoms with Crippen molar-refractivity contribution in [2.24, 2.45) is 0 Å². The van der Waals surface area contributed by atoms with Crippen molar-refractivity contribution in [2.75, 3.05) is 19.5 Å². The lowest BCUT2D eigenvalue weighted by molar-refractivity contribution is 0.108. The van der Waals surface area contributed by atoms with Crippen LogP contribution in [-0.4, -0.2) is 18.8 Å². The number of ether oxygens (including phenoxy) is 2. The topological polar surface area (TPSA) is 88.5 Å². The molecule has 0 amide bonds. The predicted octanol–water partition coefficient (Wildman–Crippen LogP) is 2.26. The summed E-state index contributed by atoms with van der Waals surface area (Å²) < 4.78 is 10.6. The highest BCUT2D eigenvalue weighted by Gasteiger charge is 2.12. The van der Waals surface area contributed by atoms with Crippen LogP contribution in [0.1, 0.15) is 17.2 Å². The predicted molar refractivity (Wildman–Crippen MR) is 79.0 cm³/mol. The molecule has 0 aromatic heterocycles. The summed E-state index contributed by atoms with van der Waals surface area (Å²) in [6, 6.07) is 13.9. The van der Waals surface area contributed by atoms with E-state index in [2.05, 4.69) is 0 Å². The number of hydrogen-bond acceptors (Lipinski definition) is 5. The molecule has 0 fully saturated rings. The maximum Gasteiger partial charge on any atom is 0.124 e. The van der Waals surface area contributed by atoms with Crippen LogP contribution in [0.15, 0.2) is 42.5 Å². The number of aliphatic hydroxyl groups is 1. The number of hydrogen-bond donors (Lipinski definition) is 2. The van der Waals surface area contributed by atoms with Crippen molar-refractivity contribution in [1.82, 2.24) is 0 Å². The summed E-state index contributed by atoms with van der Waals surface area (Å²) in [7, 11) is 1.51. The Morgan fingerprint density at radius 2 is 1.95 bits per heavy atom. The quantitative estimate of drug-likeness (QED) is 0.822. The van der Waals surface area contributed by atoms with Crippen LogP contribution in [0.5, 0.6) is 11.5 Å². The summed E-state index contributed by atoms with van der Waals surface area (Å²) in [6.45, 7) is 0.0340. The van der Waals surface area contributed by atoms with Gasteiger partial charge in [0, 0.05) is 17.3 Å². The van der Waals surface area contributed by atoms with Gasteiger partial charge in [-0.25, -0.2) is 0 Å². The van der Waals surface area contributed by atoms with Crippen molar-refractivity contribution in [3.63, 3.8) is 0 Å². The molecule has 0 saturated heterocycles. The number of nitrogen functional groups attached to an aromatic ring is 1. The van der Waals surface area contributed by atoms with Gasteiger partial charge < -0.3 is 20.3 Å². The highest BCUT2D eigenvalue weighted by Crippen LogP contribution is 2.25. The first-order chi connectivity index (χ1) is 10.1. The second-order valence-corrected chi connectivity index (χ2v) is 4.46. The molecule has 1 unspecified atom stereocenters.